The van der Waals surface area contributed by atoms with Crippen molar-refractivity contribution >= 4 is 49.5 Å². The van der Waals surface area contributed by atoms with E-state index in [1.807, 2.05) is 0 Å². The van der Waals surface area contributed by atoms with E-state index >= 15 is 0 Å². The average Bonchev–Trinajstić information content (AvgIpc) is 3.05. The van der Waals surface area contributed by atoms with Crippen LogP contribution in [0.3, 0.4) is 0 Å². The molecular formula is C12H14ClN3O4S2. The SMILES string of the molecule is Cl.O=[N+]([O-])c1ccc2sc(S(=O)(=O)CC3CCCN3)nc2c1. The topological polar surface area (TPSA) is 102 Å². The standard InChI is InChI=1S/C12H13N3O4S2.ClH/c16-15(17)9-3-4-11-10(6-9)14-12(20-11)21(18,19)7-8-2-1-5-13-8;/h3-4,6,8,13H,1-2,5,7H2;1H. The first-order valence-electron chi connectivity index (χ1n) is 6.47. The Bertz CT molecular complexity index is 800. The smallest absolute Gasteiger partial charge is 0.271 e. The van der Waals surface area contributed by atoms with Gasteiger partial charge in [-0.1, -0.05) is 0 Å². The molecule has 1 aliphatic rings. The summed E-state index contributed by atoms with van der Waals surface area (Å²) in [7, 11) is -3.46. The number of non-ortho nitro benzene ring substituents is 1. The summed E-state index contributed by atoms with van der Waals surface area (Å²) in [6.07, 6.45) is 1.82. The third kappa shape index (κ3) is 3.37. The molecule has 120 valence electrons. The normalized spacial score (nSPS) is 18.3. The van der Waals surface area contributed by atoms with E-state index in [0.29, 0.717) is 10.2 Å². The molecule has 1 atom stereocenters. The second kappa shape index (κ2) is 6.45. The van der Waals surface area contributed by atoms with Crippen molar-refractivity contribution in [2.45, 2.75) is 23.2 Å². The van der Waals surface area contributed by atoms with Crippen LogP contribution in [0.4, 0.5) is 5.69 Å². The lowest BCUT2D eigenvalue weighted by atomic mass is 10.3. The fourth-order valence-electron chi connectivity index (χ4n) is 2.38. The van der Waals surface area contributed by atoms with Gasteiger partial charge in [0.05, 0.1) is 20.9 Å². The molecule has 0 aliphatic carbocycles. The Morgan fingerprint density at radius 3 is 2.86 bits per heavy atom. The lowest BCUT2D eigenvalue weighted by Crippen LogP contribution is -2.29. The number of nitro groups is 1. The summed E-state index contributed by atoms with van der Waals surface area (Å²) >= 11 is 1.06. The number of halogens is 1. The average molecular weight is 364 g/mol. The molecule has 1 aliphatic heterocycles. The zero-order valence-corrected chi connectivity index (χ0v) is 13.8. The minimum absolute atomic E-state index is 0. The zero-order chi connectivity index (χ0) is 15.0. The first-order valence-corrected chi connectivity index (χ1v) is 8.94. The van der Waals surface area contributed by atoms with E-state index in [0.717, 1.165) is 30.7 Å². The van der Waals surface area contributed by atoms with Crippen LogP contribution >= 0.6 is 23.7 Å². The molecule has 1 aromatic heterocycles. The number of sulfone groups is 1. The molecule has 2 aromatic rings. The molecule has 1 N–H and O–H groups in total. The highest BCUT2D eigenvalue weighted by atomic mass is 35.5. The maximum Gasteiger partial charge on any atom is 0.271 e. The number of rotatable bonds is 4. The molecule has 7 nitrogen and oxygen atoms in total. The number of thiazole rings is 1. The first-order chi connectivity index (χ1) is 9.95. The van der Waals surface area contributed by atoms with Gasteiger partial charge in [0.25, 0.3) is 5.69 Å². The first kappa shape index (κ1) is 17.1. The van der Waals surface area contributed by atoms with Gasteiger partial charge in [-0.15, -0.1) is 23.7 Å². The highest BCUT2D eigenvalue weighted by Gasteiger charge is 2.26. The van der Waals surface area contributed by atoms with Gasteiger partial charge in [-0.2, -0.15) is 0 Å². The summed E-state index contributed by atoms with van der Waals surface area (Å²) in [5.74, 6) is 0.0227. The molecule has 0 saturated carbocycles. The van der Waals surface area contributed by atoms with Gasteiger partial charge in [0, 0.05) is 18.2 Å². The lowest BCUT2D eigenvalue weighted by Gasteiger charge is -2.08. The van der Waals surface area contributed by atoms with Crippen molar-refractivity contribution in [2.24, 2.45) is 0 Å². The summed E-state index contributed by atoms with van der Waals surface area (Å²) in [4.78, 5) is 14.3. The van der Waals surface area contributed by atoms with Crippen molar-refractivity contribution in [3.63, 3.8) is 0 Å². The lowest BCUT2D eigenvalue weighted by molar-refractivity contribution is -0.384. The van der Waals surface area contributed by atoms with Crippen molar-refractivity contribution in [3.05, 3.63) is 28.3 Å². The van der Waals surface area contributed by atoms with Crippen LogP contribution < -0.4 is 5.32 Å². The largest absolute Gasteiger partial charge is 0.313 e. The van der Waals surface area contributed by atoms with E-state index in [2.05, 4.69) is 10.3 Å². The van der Waals surface area contributed by atoms with Gasteiger partial charge >= 0.3 is 0 Å². The predicted octanol–water partition coefficient (Wildman–Crippen LogP) is 2.15. The Kier molecular flexibility index (Phi) is 5.00. The molecule has 0 radical (unpaired) electrons. The molecule has 1 aromatic carbocycles. The Morgan fingerprint density at radius 1 is 1.45 bits per heavy atom. The van der Waals surface area contributed by atoms with Gasteiger partial charge in [-0.25, -0.2) is 13.4 Å². The van der Waals surface area contributed by atoms with Gasteiger partial charge in [0.1, 0.15) is 0 Å². The van der Waals surface area contributed by atoms with E-state index in [1.165, 1.54) is 18.2 Å². The number of nitrogens with one attached hydrogen (secondary N) is 1. The van der Waals surface area contributed by atoms with E-state index in [9.17, 15) is 18.5 Å². The van der Waals surface area contributed by atoms with Gasteiger partial charge in [0.15, 0.2) is 0 Å². The Hall–Kier alpha value is -1.29. The van der Waals surface area contributed by atoms with E-state index in [-0.39, 0.29) is 34.2 Å². The number of benzene rings is 1. The number of nitro benzene ring substituents is 1. The van der Waals surface area contributed by atoms with Crippen molar-refractivity contribution in [2.75, 3.05) is 12.3 Å². The van der Waals surface area contributed by atoms with E-state index in [1.54, 1.807) is 0 Å². The minimum Gasteiger partial charge on any atom is -0.313 e. The highest BCUT2D eigenvalue weighted by Crippen LogP contribution is 2.29. The summed E-state index contributed by atoms with van der Waals surface area (Å²) < 4.78 is 25.4. The van der Waals surface area contributed by atoms with Gasteiger partial charge in [0.2, 0.25) is 14.2 Å². The Labute approximate surface area is 137 Å². The monoisotopic (exact) mass is 363 g/mol. The van der Waals surface area contributed by atoms with Crippen molar-refractivity contribution in [1.29, 1.82) is 0 Å². The van der Waals surface area contributed by atoms with E-state index in [4.69, 9.17) is 0 Å². The molecule has 3 rings (SSSR count). The molecule has 0 bridgehead atoms. The van der Waals surface area contributed by atoms with Crippen molar-refractivity contribution in [3.8, 4) is 0 Å². The quantitative estimate of drug-likeness (QED) is 0.659. The third-order valence-electron chi connectivity index (χ3n) is 3.41. The van der Waals surface area contributed by atoms with Crippen LogP contribution in [0.1, 0.15) is 12.8 Å². The number of fused-ring (bicyclic) bond motifs is 1. The molecule has 1 unspecified atom stereocenters. The van der Waals surface area contributed by atoms with Gasteiger partial charge < -0.3 is 5.32 Å². The van der Waals surface area contributed by atoms with Crippen LogP contribution in [0, 0.1) is 10.1 Å². The summed E-state index contributed by atoms with van der Waals surface area (Å²) in [6.45, 7) is 0.840. The molecule has 2 heterocycles. The Morgan fingerprint density at radius 2 is 2.23 bits per heavy atom. The van der Waals surface area contributed by atoms with Crippen LogP contribution in [0.5, 0.6) is 0 Å². The highest BCUT2D eigenvalue weighted by molar-refractivity contribution is 7.93. The molecule has 1 fully saturated rings. The fraction of sp³-hybridized carbons (Fsp3) is 0.417. The number of hydrogen-bond donors (Lipinski definition) is 1. The number of nitrogens with zero attached hydrogens (tertiary/aromatic N) is 2. The zero-order valence-electron chi connectivity index (χ0n) is 11.4. The molecule has 0 spiro atoms. The second-order valence-corrected chi connectivity index (χ2v) is 8.20. The number of aromatic nitrogens is 1. The molecule has 10 heteroatoms. The summed E-state index contributed by atoms with van der Waals surface area (Å²) in [5, 5.41) is 13.9. The minimum atomic E-state index is -3.46. The predicted molar refractivity (Wildman–Crippen MR) is 86.6 cm³/mol. The van der Waals surface area contributed by atoms with Crippen molar-refractivity contribution in [1.82, 2.24) is 10.3 Å². The third-order valence-corrected chi connectivity index (χ3v) is 6.72. The van der Waals surface area contributed by atoms with Crippen LogP contribution in [0.2, 0.25) is 0 Å². The summed E-state index contributed by atoms with van der Waals surface area (Å²) in [5.41, 5.74) is 0.265. The van der Waals surface area contributed by atoms with Crippen LogP contribution in [-0.2, 0) is 9.84 Å². The van der Waals surface area contributed by atoms with E-state index < -0.39 is 14.8 Å². The van der Waals surface area contributed by atoms with Crippen LogP contribution in [0.25, 0.3) is 10.2 Å². The molecular weight excluding hydrogens is 350 g/mol. The van der Waals surface area contributed by atoms with Crippen molar-refractivity contribution < 1.29 is 13.3 Å². The maximum atomic E-state index is 12.4. The maximum absolute atomic E-state index is 12.4. The molecule has 1 saturated heterocycles. The van der Waals surface area contributed by atoms with Crippen LogP contribution in [0.15, 0.2) is 22.5 Å². The summed E-state index contributed by atoms with van der Waals surface area (Å²) in [6, 6.07) is 4.17. The molecule has 0 amide bonds. The van der Waals surface area contributed by atoms with Crippen LogP contribution in [-0.4, -0.2) is 36.7 Å². The van der Waals surface area contributed by atoms with Gasteiger partial charge in [-0.05, 0) is 25.5 Å². The number of hydrogen-bond acceptors (Lipinski definition) is 7. The molecule has 22 heavy (non-hydrogen) atoms. The fourth-order valence-corrected chi connectivity index (χ4v) is 5.23. The van der Waals surface area contributed by atoms with Gasteiger partial charge in [-0.3, -0.25) is 10.1 Å². The second-order valence-electron chi connectivity index (χ2n) is 4.96. The Balaban J connectivity index is 0.00000176.